The first-order valence-electron chi connectivity index (χ1n) is 6.98. The maximum Gasteiger partial charge on any atom is 0.154 e. The SMILES string of the molecule is Cc1cc2c(N3CCCCC3CCO)nccn2n1. The van der Waals surface area contributed by atoms with Crippen LogP contribution in [0.25, 0.3) is 5.52 Å². The van der Waals surface area contributed by atoms with Crippen molar-refractivity contribution >= 4 is 11.3 Å². The number of aliphatic hydroxyl groups is 1. The third-order valence-electron chi connectivity index (χ3n) is 3.85. The second-order valence-corrected chi connectivity index (χ2v) is 5.22. The number of nitrogens with zero attached hydrogens (tertiary/aromatic N) is 4. The Morgan fingerprint density at radius 2 is 2.32 bits per heavy atom. The van der Waals surface area contributed by atoms with Crippen LogP contribution in [0.5, 0.6) is 0 Å². The highest BCUT2D eigenvalue weighted by atomic mass is 16.3. The van der Waals surface area contributed by atoms with Gasteiger partial charge in [-0.05, 0) is 38.7 Å². The van der Waals surface area contributed by atoms with Gasteiger partial charge in [0.15, 0.2) is 5.82 Å². The van der Waals surface area contributed by atoms with Gasteiger partial charge < -0.3 is 10.0 Å². The van der Waals surface area contributed by atoms with Crippen molar-refractivity contribution in [1.82, 2.24) is 14.6 Å². The van der Waals surface area contributed by atoms with Crippen LogP contribution < -0.4 is 4.90 Å². The minimum atomic E-state index is 0.239. The molecule has 1 aliphatic heterocycles. The highest BCUT2D eigenvalue weighted by molar-refractivity contribution is 5.69. The number of aryl methyl sites for hydroxylation is 1. The van der Waals surface area contributed by atoms with Gasteiger partial charge in [0.2, 0.25) is 0 Å². The fourth-order valence-electron chi connectivity index (χ4n) is 2.98. The second-order valence-electron chi connectivity index (χ2n) is 5.22. The molecule has 1 saturated heterocycles. The number of hydrogen-bond acceptors (Lipinski definition) is 4. The van der Waals surface area contributed by atoms with Crippen LogP contribution in [-0.4, -0.2) is 38.9 Å². The van der Waals surface area contributed by atoms with E-state index in [2.05, 4.69) is 21.0 Å². The minimum absolute atomic E-state index is 0.239. The Morgan fingerprint density at radius 3 is 3.16 bits per heavy atom. The molecule has 0 aromatic carbocycles. The number of rotatable bonds is 3. The second kappa shape index (κ2) is 5.17. The molecule has 1 unspecified atom stereocenters. The lowest BCUT2D eigenvalue weighted by Crippen LogP contribution is -2.40. The van der Waals surface area contributed by atoms with E-state index in [1.54, 1.807) is 6.20 Å². The normalized spacial score (nSPS) is 20.1. The quantitative estimate of drug-likeness (QED) is 0.914. The Kier molecular flexibility index (Phi) is 3.38. The molecular formula is C14H20N4O. The molecule has 0 radical (unpaired) electrons. The Hall–Kier alpha value is -1.62. The molecule has 0 aliphatic carbocycles. The van der Waals surface area contributed by atoms with E-state index in [9.17, 15) is 5.11 Å². The topological polar surface area (TPSA) is 53.7 Å². The third kappa shape index (κ3) is 2.30. The minimum Gasteiger partial charge on any atom is -0.396 e. The number of anilines is 1. The van der Waals surface area contributed by atoms with Crippen LogP contribution in [0, 0.1) is 6.92 Å². The number of piperidine rings is 1. The van der Waals surface area contributed by atoms with Crippen molar-refractivity contribution in [2.75, 3.05) is 18.1 Å². The van der Waals surface area contributed by atoms with E-state index in [0.717, 1.165) is 36.4 Å². The molecular weight excluding hydrogens is 240 g/mol. The van der Waals surface area contributed by atoms with Crippen molar-refractivity contribution in [3.8, 4) is 0 Å². The van der Waals surface area contributed by atoms with Crippen molar-refractivity contribution in [2.45, 2.75) is 38.6 Å². The first-order valence-corrected chi connectivity index (χ1v) is 6.98. The fraction of sp³-hybridized carbons (Fsp3) is 0.571. The Labute approximate surface area is 112 Å². The zero-order valence-corrected chi connectivity index (χ0v) is 11.3. The summed E-state index contributed by atoms with van der Waals surface area (Å²) in [6.45, 7) is 3.25. The van der Waals surface area contributed by atoms with Gasteiger partial charge in [0, 0.05) is 31.6 Å². The van der Waals surface area contributed by atoms with E-state index >= 15 is 0 Å². The molecule has 19 heavy (non-hydrogen) atoms. The molecule has 5 heteroatoms. The van der Waals surface area contributed by atoms with E-state index < -0.39 is 0 Å². The van der Waals surface area contributed by atoms with Gasteiger partial charge in [0.05, 0.1) is 5.69 Å². The standard InChI is InChI=1S/C14H20N4O/c1-11-10-13-14(15-6-8-18(13)16-11)17-7-3-2-4-12(17)5-9-19/h6,8,10,12,19H,2-5,7,9H2,1H3. The molecule has 1 N–H and O–H groups in total. The molecule has 3 heterocycles. The third-order valence-corrected chi connectivity index (χ3v) is 3.85. The van der Waals surface area contributed by atoms with Crippen LogP contribution in [0.4, 0.5) is 5.82 Å². The highest BCUT2D eigenvalue weighted by Crippen LogP contribution is 2.28. The highest BCUT2D eigenvalue weighted by Gasteiger charge is 2.24. The average Bonchev–Trinajstić information content (AvgIpc) is 2.80. The van der Waals surface area contributed by atoms with Crippen LogP contribution in [-0.2, 0) is 0 Å². The molecule has 1 aliphatic rings. The molecule has 1 atom stereocenters. The summed E-state index contributed by atoms with van der Waals surface area (Å²) in [6.07, 6.45) is 8.07. The van der Waals surface area contributed by atoms with E-state index in [-0.39, 0.29) is 6.61 Å². The lowest BCUT2D eigenvalue weighted by atomic mass is 9.99. The van der Waals surface area contributed by atoms with Gasteiger partial charge in [-0.15, -0.1) is 0 Å². The summed E-state index contributed by atoms with van der Waals surface area (Å²) in [7, 11) is 0. The van der Waals surface area contributed by atoms with Gasteiger partial charge >= 0.3 is 0 Å². The van der Waals surface area contributed by atoms with Gasteiger partial charge in [0.1, 0.15) is 5.52 Å². The zero-order valence-electron chi connectivity index (χ0n) is 11.3. The molecule has 0 bridgehead atoms. The predicted molar refractivity (Wildman–Crippen MR) is 74.4 cm³/mol. The molecule has 0 amide bonds. The lowest BCUT2D eigenvalue weighted by Gasteiger charge is -2.36. The molecule has 2 aromatic rings. The van der Waals surface area contributed by atoms with Gasteiger partial charge in [-0.1, -0.05) is 0 Å². The predicted octanol–water partition coefficient (Wildman–Crippen LogP) is 1.78. The monoisotopic (exact) mass is 260 g/mol. The lowest BCUT2D eigenvalue weighted by molar-refractivity contribution is 0.262. The number of fused-ring (bicyclic) bond motifs is 1. The summed E-state index contributed by atoms with van der Waals surface area (Å²) in [4.78, 5) is 6.90. The summed E-state index contributed by atoms with van der Waals surface area (Å²) < 4.78 is 1.89. The number of aliphatic hydroxyl groups excluding tert-OH is 1. The van der Waals surface area contributed by atoms with E-state index in [4.69, 9.17) is 0 Å². The van der Waals surface area contributed by atoms with Gasteiger partial charge in [0.25, 0.3) is 0 Å². The molecule has 3 rings (SSSR count). The smallest absolute Gasteiger partial charge is 0.154 e. The van der Waals surface area contributed by atoms with E-state index in [1.807, 2.05) is 17.6 Å². The van der Waals surface area contributed by atoms with Crippen LogP contribution in [0.2, 0.25) is 0 Å². The summed E-state index contributed by atoms with van der Waals surface area (Å²) in [5.74, 6) is 1.00. The van der Waals surface area contributed by atoms with E-state index in [0.29, 0.717) is 6.04 Å². The fourth-order valence-corrected chi connectivity index (χ4v) is 2.98. The van der Waals surface area contributed by atoms with Crippen LogP contribution >= 0.6 is 0 Å². The largest absolute Gasteiger partial charge is 0.396 e. The molecule has 0 saturated carbocycles. The molecule has 2 aromatic heterocycles. The first kappa shape index (κ1) is 12.4. The van der Waals surface area contributed by atoms with Crippen LogP contribution in [0.1, 0.15) is 31.4 Å². The Balaban J connectivity index is 2.01. The van der Waals surface area contributed by atoms with Crippen LogP contribution in [0.3, 0.4) is 0 Å². The first-order chi connectivity index (χ1) is 9.29. The average molecular weight is 260 g/mol. The van der Waals surface area contributed by atoms with Gasteiger partial charge in [-0.2, -0.15) is 5.10 Å². The van der Waals surface area contributed by atoms with E-state index in [1.165, 1.54) is 12.8 Å². The van der Waals surface area contributed by atoms with Crippen LogP contribution in [0.15, 0.2) is 18.5 Å². The van der Waals surface area contributed by atoms with Crippen molar-refractivity contribution < 1.29 is 5.11 Å². The summed E-state index contributed by atoms with van der Waals surface area (Å²) >= 11 is 0. The van der Waals surface area contributed by atoms with Crippen molar-refractivity contribution in [3.63, 3.8) is 0 Å². The van der Waals surface area contributed by atoms with Crippen molar-refractivity contribution in [3.05, 3.63) is 24.2 Å². The summed E-state index contributed by atoms with van der Waals surface area (Å²) in [5, 5.41) is 13.7. The van der Waals surface area contributed by atoms with Crippen molar-refractivity contribution in [1.29, 1.82) is 0 Å². The molecule has 1 fully saturated rings. The number of aromatic nitrogens is 3. The van der Waals surface area contributed by atoms with Gasteiger partial charge in [-0.25, -0.2) is 9.50 Å². The van der Waals surface area contributed by atoms with Crippen molar-refractivity contribution in [2.24, 2.45) is 0 Å². The summed E-state index contributed by atoms with van der Waals surface area (Å²) in [5.41, 5.74) is 2.06. The maximum absolute atomic E-state index is 9.24. The Bertz CT molecular complexity index is 564. The van der Waals surface area contributed by atoms with Gasteiger partial charge in [-0.3, -0.25) is 0 Å². The molecule has 5 nitrogen and oxygen atoms in total. The summed E-state index contributed by atoms with van der Waals surface area (Å²) in [6, 6.07) is 2.47. The zero-order chi connectivity index (χ0) is 13.2. The Morgan fingerprint density at radius 1 is 1.42 bits per heavy atom. The molecule has 102 valence electrons. The molecule has 0 spiro atoms. The maximum atomic E-state index is 9.24. The number of hydrogen-bond donors (Lipinski definition) is 1.